The molecular formula is C18H17ClFNO. The zero-order valence-corrected chi connectivity index (χ0v) is 13.2. The molecule has 2 aromatic carbocycles. The lowest BCUT2D eigenvalue weighted by atomic mass is 10.0. The van der Waals surface area contributed by atoms with Crippen molar-refractivity contribution in [2.45, 2.75) is 19.8 Å². The second-order valence-corrected chi connectivity index (χ2v) is 5.68. The van der Waals surface area contributed by atoms with Crippen LogP contribution in [0.15, 0.2) is 48.5 Å². The van der Waals surface area contributed by atoms with E-state index in [1.54, 1.807) is 6.08 Å². The molecule has 4 heteroatoms. The van der Waals surface area contributed by atoms with Gasteiger partial charge in [0, 0.05) is 11.8 Å². The van der Waals surface area contributed by atoms with Gasteiger partial charge in [0.25, 0.3) is 0 Å². The van der Waals surface area contributed by atoms with E-state index in [0.717, 1.165) is 5.56 Å². The Labute approximate surface area is 134 Å². The predicted molar refractivity (Wildman–Crippen MR) is 89.6 cm³/mol. The van der Waals surface area contributed by atoms with E-state index in [1.165, 1.54) is 29.8 Å². The molecule has 0 aromatic heterocycles. The van der Waals surface area contributed by atoms with Gasteiger partial charge in [-0.25, -0.2) is 4.39 Å². The molecule has 0 saturated heterocycles. The molecule has 0 aliphatic heterocycles. The minimum absolute atomic E-state index is 0.0222. The van der Waals surface area contributed by atoms with Gasteiger partial charge in [0.15, 0.2) is 0 Å². The largest absolute Gasteiger partial charge is 0.322 e. The molecule has 2 nitrogen and oxygen atoms in total. The first-order chi connectivity index (χ1) is 10.5. The van der Waals surface area contributed by atoms with Crippen molar-refractivity contribution in [1.29, 1.82) is 0 Å². The van der Waals surface area contributed by atoms with Gasteiger partial charge >= 0.3 is 0 Å². The molecule has 0 heterocycles. The van der Waals surface area contributed by atoms with Crippen LogP contribution in [-0.2, 0) is 4.79 Å². The summed E-state index contributed by atoms with van der Waals surface area (Å²) in [5, 5.41) is 2.61. The average molecular weight is 318 g/mol. The predicted octanol–water partition coefficient (Wildman–Crippen LogP) is 5.25. The van der Waals surface area contributed by atoms with Crippen LogP contribution in [0.3, 0.4) is 0 Å². The molecule has 0 aliphatic rings. The van der Waals surface area contributed by atoms with Crippen molar-refractivity contribution >= 4 is 29.3 Å². The van der Waals surface area contributed by atoms with Crippen LogP contribution in [-0.4, -0.2) is 5.91 Å². The van der Waals surface area contributed by atoms with Crippen molar-refractivity contribution in [3.63, 3.8) is 0 Å². The van der Waals surface area contributed by atoms with Crippen molar-refractivity contribution < 1.29 is 9.18 Å². The maximum atomic E-state index is 13.0. The molecule has 0 radical (unpaired) electrons. The smallest absolute Gasteiger partial charge is 0.248 e. The van der Waals surface area contributed by atoms with E-state index in [9.17, 15) is 9.18 Å². The van der Waals surface area contributed by atoms with Gasteiger partial charge in [-0.2, -0.15) is 0 Å². The molecule has 0 aliphatic carbocycles. The maximum Gasteiger partial charge on any atom is 0.248 e. The number of amides is 1. The molecule has 2 aromatic rings. The molecule has 2 rings (SSSR count). The van der Waals surface area contributed by atoms with E-state index in [1.807, 2.05) is 24.3 Å². The van der Waals surface area contributed by atoms with E-state index in [4.69, 9.17) is 11.6 Å². The lowest BCUT2D eigenvalue weighted by Crippen LogP contribution is -2.07. The fourth-order valence-corrected chi connectivity index (χ4v) is 2.10. The summed E-state index contributed by atoms with van der Waals surface area (Å²) in [6, 6.07) is 12.1. The Hall–Kier alpha value is -2.13. The number of anilines is 1. The van der Waals surface area contributed by atoms with Gasteiger partial charge in [0.1, 0.15) is 5.82 Å². The second-order valence-electron chi connectivity index (χ2n) is 5.27. The number of halogens is 2. The molecule has 0 bridgehead atoms. The van der Waals surface area contributed by atoms with E-state index in [-0.39, 0.29) is 10.9 Å². The van der Waals surface area contributed by atoms with E-state index in [0.29, 0.717) is 11.6 Å². The number of nitrogens with one attached hydrogen (secondary N) is 1. The summed E-state index contributed by atoms with van der Waals surface area (Å²) in [5.74, 6) is -0.333. The van der Waals surface area contributed by atoms with Crippen LogP contribution >= 0.6 is 11.6 Å². The molecular weight excluding hydrogens is 301 g/mol. The Bertz CT molecular complexity index is 693. The first-order valence-electron chi connectivity index (χ1n) is 7.00. The van der Waals surface area contributed by atoms with E-state index in [2.05, 4.69) is 19.2 Å². The summed E-state index contributed by atoms with van der Waals surface area (Å²) < 4.78 is 13.0. The third kappa shape index (κ3) is 4.43. The summed E-state index contributed by atoms with van der Waals surface area (Å²) in [5.41, 5.74) is 2.65. The number of hydrogen-bond acceptors (Lipinski definition) is 1. The third-order valence-electron chi connectivity index (χ3n) is 3.22. The summed E-state index contributed by atoms with van der Waals surface area (Å²) in [6.45, 7) is 4.26. The normalized spacial score (nSPS) is 11.1. The Morgan fingerprint density at radius 3 is 2.45 bits per heavy atom. The van der Waals surface area contributed by atoms with Crippen molar-refractivity contribution in [1.82, 2.24) is 0 Å². The quantitative estimate of drug-likeness (QED) is 0.766. The van der Waals surface area contributed by atoms with Crippen molar-refractivity contribution in [2.75, 3.05) is 5.32 Å². The highest BCUT2D eigenvalue weighted by atomic mass is 35.5. The van der Waals surface area contributed by atoms with E-state index < -0.39 is 5.82 Å². The fourth-order valence-electron chi connectivity index (χ4n) is 1.92. The lowest BCUT2D eigenvalue weighted by Gasteiger charge is -2.05. The molecule has 1 N–H and O–H groups in total. The molecule has 0 saturated carbocycles. The molecule has 0 spiro atoms. The van der Waals surface area contributed by atoms with Gasteiger partial charge in [-0.3, -0.25) is 4.79 Å². The average Bonchev–Trinajstić information content (AvgIpc) is 2.49. The van der Waals surface area contributed by atoms with Gasteiger partial charge in [0.05, 0.1) is 5.02 Å². The van der Waals surface area contributed by atoms with Gasteiger partial charge in [-0.15, -0.1) is 0 Å². The molecule has 0 fully saturated rings. The number of hydrogen-bond donors (Lipinski definition) is 1. The van der Waals surface area contributed by atoms with Crippen LogP contribution in [0, 0.1) is 5.82 Å². The minimum Gasteiger partial charge on any atom is -0.322 e. The lowest BCUT2D eigenvalue weighted by molar-refractivity contribution is -0.111. The number of rotatable bonds is 4. The number of benzene rings is 2. The van der Waals surface area contributed by atoms with Gasteiger partial charge in [-0.05, 0) is 41.3 Å². The van der Waals surface area contributed by atoms with E-state index >= 15 is 0 Å². The monoisotopic (exact) mass is 317 g/mol. The van der Waals surface area contributed by atoms with Gasteiger partial charge in [-0.1, -0.05) is 49.7 Å². The molecule has 114 valence electrons. The highest BCUT2D eigenvalue weighted by Crippen LogP contribution is 2.19. The van der Waals surface area contributed by atoms with Crippen molar-refractivity contribution in [3.8, 4) is 0 Å². The fraction of sp³-hybridized carbons (Fsp3) is 0.167. The van der Waals surface area contributed by atoms with Crippen LogP contribution in [0.5, 0.6) is 0 Å². The number of carbonyl (C=O) groups is 1. The van der Waals surface area contributed by atoms with Crippen molar-refractivity contribution in [2.24, 2.45) is 0 Å². The van der Waals surface area contributed by atoms with Crippen LogP contribution in [0.25, 0.3) is 6.08 Å². The first kappa shape index (κ1) is 16.2. The summed E-state index contributed by atoms with van der Waals surface area (Å²) in [4.78, 5) is 11.8. The van der Waals surface area contributed by atoms with Gasteiger partial charge < -0.3 is 5.32 Å². The van der Waals surface area contributed by atoms with Gasteiger partial charge in [0.2, 0.25) is 5.91 Å². The summed E-state index contributed by atoms with van der Waals surface area (Å²) in [6.07, 6.45) is 3.16. The molecule has 22 heavy (non-hydrogen) atoms. The third-order valence-corrected chi connectivity index (χ3v) is 3.51. The zero-order valence-electron chi connectivity index (χ0n) is 12.4. The highest BCUT2D eigenvalue weighted by molar-refractivity contribution is 6.31. The SMILES string of the molecule is CC(C)c1ccc(C=CC(=O)Nc2ccc(F)c(Cl)c2)cc1. The Balaban J connectivity index is 2.00. The first-order valence-corrected chi connectivity index (χ1v) is 7.37. The van der Waals surface area contributed by atoms with Crippen LogP contribution in [0.2, 0.25) is 5.02 Å². The number of carbonyl (C=O) groups excluding carboxylic acids is 1. The Kier molecular flexibility index (Phi) is 5.34. The minimum atomic E-state index is -0.513. The standard InChI is InChI=1S/C18H17ClFNO/c1-12(2)14-6-3-13(4-7-14)5-10-18(22)21-15-8-9-17(20)16(19)11-15/h3-12H,1-2H3,(H,21,22). The van der Waals surface area contributed by atoms with Crippen LogP contribution in [0.1, 0.15) is 30.9 Å². The van der Waals surface area contributed by atoms with Crippen LogP contribution in [0.4, 0.5) is 10.1 Å². The summed E-state index contributed by atoms with van der Waals surface area (Å²) >= 11 is 5.67. The zero-order chi connectivity index (χ0) is 16.1. The Morgan fingerprint density at radius 1 is 1.18 bits per heavy atom. The molecule has 1 amide bonds. The second kappa shape index (κ2) is 7.23. The highest BCUT2D eigenvalue weighted by Gasteiger charge is 2.03. The Morgan fingerprint density at radius 2 is 1.86 bits per heavy atom. The molecule has 0 unspecified atom stereocenters. The van der Waals surface area contributed by atoms with Crippen LogP contribution < -0.4 is 5.32 Å². The summed E-state index contributed by atoms with van der Waals surface area (Å²) in [7, 11) is 0. The maximum absolute atomic E-state index is 13.0. The molecule has 0 atom stereocenters. The van der Waals surface area contributed by atoms with Crippen molar-refractivity contribution in [3.05, 3.63) is 70.5 Å². The topological polar surface area (TPSA) is 29.1 Å².